The van der Waals surface area contributed by atoms with Crippen molar-refractivity contribution >= 4 is 23.4 Å². The van der Waals surface area contributed by atoms with Gasteiger partial charge in [0.25, 0.3) is 0 Å². The Balaban J connectivity index is 2.13. The van der Waals surface area contributed by atoms with Gasteiger partial charge < -0.3 is 5.73 Å². The van der Waals surface area contributed by atoms with Gasteiger partial charge in [0.15, 0.2) is 0 Å². The molecule has 2 N–H and O–H groups in total. The lowest BCUT2D eigenvalue weighted by molar-refractivity contribution is 0.646. The minimum Gasteiger partial charge on any atom is -0.327 e. The van der Waals surface area contributed by atoms with E-state index >= 15 is 0 Å². The summed E-state index contributed by atoms with van der Waals surface area (Å²) in [5, 5.41) is 0.803. The molecule has 0 bridgehead atoms. The van der Waals surface area contributed by atoms with Crippen LogP contribution in [0.5, 0.6) is 0 Å². The van der Waals surface area contributed by atoms with Crippen molar-refractivity contribution in [1.29, 1.82) is 0 Å². The largest absolute Gasteiger partial charge is 0.327 e. The molecule has 0 aliphatic carbocycles. The third kappa shape index (κ3) is 4.27. The molecule has 0 aliphatic rings. The normalized spacial score (nSPS) is 12.4. The van der Waals surface area contributed by atoms with Gasteiger partial charge in [0, 0.05) is 15.8 Å². The van der Waals surface area contributed by atoms with Crippen molar-refractivity contribution in [2.45, 2.75) is 42.5 Å². The van der Waals surface area contributed by atoms with E-state index in [4.69, 9.17) is 17.3 Å². The second-order valence-electron chi connectivity index (χ2n) is 5.06. The van der Waals surface area contributed by atoms with Crippen LogP contribution in [0.1, 0.15) is 24.5 Å². The summed E-state index contributed by atoms with van der Waals surface area (Å²) in [6.07, 6.45) is 1.86. The number of hydrogen-bond donors (Lipinski definition) is 1. The minimum absolute atomic E-state index is 0.210. The molecule has 1 nitrogen and oxygen atoms in total. The molecule has 3 heteroatoms. The maximum Gasteiger partial charge on any atom is 0.0548 e. The van der Waals surface area contributed by atoms with Gasteiger partial charge in [-0.3, -0.25) is 0 Å². The van der Waals surface area contributed by atoms with E-state index in [1.165, 1.54) is 16.0 Å². The number of hydrogen-bond acceptors (Lipinski definition) is 2. The monoisotopic (exact) mass is 305 g/mol. The SMILES string of the molecule is CCC(N)Cc1ccc(Sc2cccc(C)c2)c(Cl)c1. The molecule has 0 aliphatic heterocycles. The highest BCUT2D eigenvalue weighted by Crippen LogP contribution is 2.34. The molecule has 2 aromatic rings. The topological polar surface area (TPSA) is 26.0 Å². The molecular formula is C17H20ClNS. The number of nitrogens with two attached hydrogens (primary N) is 1. The first-order valence-electron chi connectivity index (χ1n) is 6.87. The van der Waals surface area contributed by atoms with E-state index in [9.17, 15) is 0 Å². The summed E-state index contributed by atoms with van der Waals surface area (Å²) in [7, 11) is 0. The molecule has 0 fully saturated rings. The first-order chi connectivity index (χ1) is 9.58. The van der Waals surface area contributed by atoms with Crippen LogP contribution in [0.25, 0.3) is 0 Å². The Bertz CT molecular complexity index is 583. The van der Waals surface area contributed by atoms with Crippen LogP contribution in [0, 0.1) is 6.92 Å². The predicted octanol–water partition coefficient (Wildman–Crippen LogP) is 5.08. The van der Waals surface area contributed by atoms with Crippen LogP contribution in [0.2, 0.25) is 5.02 Å². The van der Waals surface area contributed by atoms with Crippen molar-refractivity contribution in [2.75, 3.05) is 0 Å². The summed E-state index contributed by atoms with van der Waals surface area (Å²) in [6, 6.07) is 14.9. The maximum absolute atomic E-state index is 6.38. The molecule has 0 spiro atoms. The van der Waals surface area contributed by atoms with Gasteiger partial charge in [0.1, 0.15) is 0 Å². The first kappa shape index (κ1) is 15.4. The summed E-state index contributed by atoms with van der Waals surface area (Å²) in [5.74, 6) is 0. The Morgan fingerprint density at radius 2 is 2.00 bits per heavy atom. The number of aryl methyl sites for hydroxylation is 1. The second-order valence-corrected chi connectivity index (χ2v) is 6.58. The zero-order chi connectivity index (χ0) is 14.5. The van der Waals surface area contributed by atoms with Crippen LogP contribution in [0.3, 0.4) is 0 Å². The van der Waals surface area contributed by atoms with E-state index in [2.05, 4.69) is 50.2 Å². The Labute approximate surface area is 130 Å². The molecule has 0 amide bonds. The minimum atomic E-state index is 0.210. The standard InChI is InChI=1S/C17H20ClNS/c1-3-14(19)10-13-7-8-17(16(18)11-13)20-15-6-4-5-12(2)9-15/h4-9,11,14H,3,10,19H2,1-2H3. The van der Waals surface area contributed by atoms with Gasteiger partial charge in [-0.05, 0) is 49.6 Å². The molecular weight excluding hydrogens is 286 g/mol. The molecule has 2 rings (SSSR count). The van der Waals surface area contributed by atoms with Crippen LogP contribution in [0.15, 0.2) is 52.3 Å². The third-order valence-corrected chi connectivity index (χ3v) is 4.73. The zero-order valence-corrected chi connectivity index (χ0v) is 13.5. The Morgan fingerprint density at radius 1 is 1.20 bits per heavy atom. The number of benzene rings is 2. The van der Waals surface area contributed by atoms with Crippen molar-refractivity contribution in [1.82, 2.24) is 0 Å². The molecule has 0 saturated heterocycles. The molecule has 1 atom stereocenters. The highest BCUT2D eigenvalue weighted by molar-refractivity contribution is 7.99. The molecule has 20 heavy (non-hydrogen) atoms. The fraction of sp³-hybridized carbons (Fsp3) is 0.294. The smallest absolute Gasteiger partial charge is 0.0548 e. The summed E-state index contributed by atoms with van der Waals surface area (Å²) < 4.78 is 0. The zero-order valence-electron chi connectivity index (χ0n) is 11.9. The third-order valence-electron chi connectivity index (χ3n) is 3.24. The highest BCUT2D eigenvalue weighted by atomic mass is 35.5. The fourth-order valence-corrected chi connectivity index (χ4v) is 3.26. The van der Waals surface area contributed by atoms with Crippen molar-refractivity contribution in [3.63, 3.8) is 0 Å². The van der Waals surface area contributed by atoms with Gasteiger partial charge in [-0.25, -0.2) is 0 Å². The Morgan fingerprint density at radius 3 is 2.65 bits per heavy atom. The van der Waals surface area contributed by atoms with Crippen molar-refractivity contribution in [3.05, 3.63) is 58.6 Å². The quantitative estimate of drug-likeness (QED) is 0.833. The second kappa shape index (κ2) is 7.16. The summed E-state index contributed by atoms with van der Waals surface area (Å²) in [4.78, 5) is 2.30. The average molecular weight is 306 g/mol. The Hall–Kier alpha value is -0.960. The van der Waals surface area contributed by atoms with Gasteiger partial charge in [-0.2, -0.15) is 0 Å². The van der Waals surface area contributed by atoms with E-state index in [1.807, 2.05) is 6.07 Å². The van der Waals surface area contributed by atoms with Crippen LogP contribution < -0.4 is 5.73 Å². The molecule has 0 heterocycles. The highest BCUT2D eigenvalue weighted by Gasteiger charge is 2.07. The lowest BCUT2D eigenvalue weighted by atomic mass is 10.1. The fourth-order valence-electron chi connectivity index (χ4n) is 2.01. The maximum atomic E-state index is 6.38. The summed E-state index contributed by atoms with van der Waals surface area (Å²) >= 11 is 8.08. The summed E-state index contributed by atoms with van der Waals surface area (Å²) in [5.41, 5.74) is 8.45. The summed E-state index contributed by atoms with van der Waals surface area (Å²) in [6.45, 7) is 4.20. The molecule has 2 aromatic carbocycles. The van der Waals surface area contributed by atoms with Crippen LogP contribution in [0.4, 0.5) is 0 Å². The number of halogens is 1. The number of rotatable bonds is 5. The predicted molar refractivity (Wildman–Crippen MR) is 88.7 cm³/mol. The van der Waals surface area contributed by atoms with Gasteiger partial charge in [-0.15, -0.1) is 0 Å². The van der Waals surface area contributed by atoms with Crippen LogP contribution in [-0.4, -0.2) is 6.04 Å². The first-order valence-corrected chi connectivity index (χ1v) is 8.06. The van der Waals surface area contributed by atoms with Crippen molar-refractivity contribution < 1.29 is 0 Å². The van der Waals surface area contributed by atoms with Gasteiger partial charge in [0.05, 0.1) is 5.02 Å². The van der Waals surface area contributed by atoms with E-state index in [-0.39, 0.29) is 6.04 Å². The van der Waals surface area contributed by atoms with Gasteiger partial charge in [0.2, 0.25) is 0 Å². The van der Waals surface area contributed by atoms with Crippen molar-refractivity contribution in [2.24, 2.45) is 5.73 Å². The van der Waals surface area contributed by atoms with E-state index in [0.29, 0.717) is 0 Å². The van der Waals surface area contributed by atoms with Crippen LogP contribution in [-0.2, 0) is 6.42 Å². The molecule has 0 aromatic heterocycles. The van der Waals surface area contributed by atoms with Crippen LogP contribution >= 0.6 is 23.4 Å². The van der Waals surface area contributed by atoms with Gasteiger partial charge >= 0.3 is 0 Å². The van der Waals surface area contributed by atoms with Crippen molar-refractivity contribution in [3.8, 4) is 0 Å². The van der Waals surface area contributed by atoms with E-state index in [0.717, 1.165) is 22.8 Å². The lowest BCUT2D eigenvalue weighted by Crippen LogP contribution is -2.21. The molecule has 0 radical (unpaired) electrons. The molecule has 1 unspecified atom stereocenters. The Kier molecular flexibility index (Phi) is 5.53. The lowest BCUT2D eigenvalue weighted by Gasteiger charge is -2.11. The van der Waals surface area contributed by atoms with E-state index in [1.54, 1.807) is 11.8 Å². The van der Waals surface area contributed by atoms with Gasteiger partial charge in [-0.1, -0.05) is 54.0 Å². The molecule has 0 saturated carbocycles. The van der Waals surface area contributed by atoms with E-state index < -0.39 is 0 Å². The molecule has 106 valence electrons. The average Bonchev–Trinajstić information content (AvgIpc) is 2.42.